The van der Waals surface area contributed by atoms with Gasteiger partial charge in [0.25, 0.3) is 0 Å². The first-order valence-electron chi connectivity index (χ1n) is 3.36. The lowest BCUT2D eigenvalue weighted by molar-refractivity contribution is 0.0549. The van der Waals surface area contributed by atoms with Crippen molar-refractivity contribution in [1.82, 2.24) is 0 Å². The minimum Gasteiger partial charge on any atom is -0.380 e. The van der Waals surface area contributed by atoms with Crippen molar-refractivity contribution < 1.29 is 4.74 Å². The van der Waals surface area contributed by atoms with E-state index in [1.807, 2.05) is 13.8 Å². The van der Waals surface area contributed by atoms with E-state index in [4.69, 9.17) is 10.5 Å². The maximum Gasteiger partial charge on any atom is 0.0719 e. The molecule has 0 aromatic heterocycles. The number of ether oxygens (including phenoxy) is 1. The molecule has 56 valence electrons. The average Bonchev–Trinajstić information content (AvgIpc) is 1.86. The van der Waals surface area contributed by atoms with Crippen LogP contribution in [-0.2, 0) is 4.74 Å². The van der Waals surface area contributed by atoms with Gasteiger partial charge >= 0.3 is 0 Å². The summed E-state index contributed by atoms with van der Waals surface area (Å²) in [5, 5.41) is 0. The number of methoxy groups -OCH3 is 1. The molecule has 2 nitrogen and oxygen atoms in total. The second-order valence-corrected chi connectivity index (χ2v) is 2.74. The van der Waals surface area contributed by atoms with Crippen molar-refractivity contribution in [2.45, 2.75) is 38.8 Å². The molecule has 0 saturated carbocycles. The molecule has 0 rings (SSSR count). The third kappa shape index (κ3) is 2.33. The fourth-order valence-electron chi connectivity index (χ4n) is 0.557. The summed E-state index contributed by atoms with van der Waals surface area (Å²) in [5.41, 5.74) is 5.67. The van der Waals surface area contributed by atoms with E-state index in [0.717, 1.165) is 6.42 Å². The Morgan fingerprint density at radius 1 is 1.67 bits per heavy atom. The number of nitrogens with two attached hydrogens (primary N) is 1. The third-order valence-corrected chi connectivity index (χ3v) is 2.04. The summed E-state index contributed by atoms with van der Waals surface area (Å²) in [6, 6.07) is 0. The molecule has 0 amide bonds. The Labute approximate surface area is 57.4 Å². The summed E-state index contributed by atoms with van der Waals surface area (Å²) in [6.45, 7) is 6.06. The first-order chi connectivity index (χ1) is 4.04. The van der Waals surface area contributed by atoms with Crippen molar-refractivity contribution in [3.8, 4) is 0 Å². The van der Waals surface area contributed by atoms with E-state index in [-0.39, 0.29) is 11.6 Å². The Balaban J connectivity index is 3.80. The van der Waals surface area contributed by atoms with Gasteiger partial charge in [0, 0.05) is 12.6 Å². The largest absolute Gasteiger partial charge is 0.380 e. The Morgan fingerprint density at radius 2 is 2.11 bits per heavy atom. The lowest BCUT2D eigenvalue weighted by atomic mass is 9.94. The molecule has 2 unspecified atom stereocenters. The van der Waals surface area contributed by atoms with Gasteiger partial charge in [-0.25, -0.2) is 0 Å². The second-order valence-electron chi connectivity index (χ2n) is 2.74. The molecule has 0 spiro atoms. The molecular formula is C7H17NO. The predicted molar refractivity (Wildman–Crippen MR) is 39.4 cm³/mol. The fourth-order valence-corrected chi connectivity index (χ4v) is 0.557. The normalized spacial score (nSPS) is 21.0. The molecule has 9 heavy (non-hydrogen) atoms. The minimum atomic E-state index is -0.172. The van der Waals surface area contributed by atoms with E-state index >= 15 is 0 Å². The molecule has 0 aliphatic rings. The topological polar surface area (TPSA) is 35.2 Å². The zero-order chi connectivity index (χ0) is 7.49. The highest BCUT2D eigenvalue weighted by atomic mass is 16.5. The molecule has 0 radical (unpaired) electrons. The Morgan fingerprint density at radius 3 is 2.22 bits per heavy atom. The van der Waals surface area contributed by atoms with Gasteiger partial charge in [-0.3, -0.25) is 0 Å². The van der Waals surface area contributed by atoms with Crippen LogP contribution < -0.4 is 5.73 Å². The predicted octanol–water partition coefficient (Wildman–Crippen LogP) is 1.15. The summed E-state index contributed by atoms with van der Waals surface area (Å²) in [5.74, 6) is 0. The molecular weight excluding hydrogens is 114 g/mol. The van der Waals surface area contributed by atoms with Gasteiger partial charge in [0.15, 0.2) is 0 Å². The first-order valence-corrected chi connectivity index (χ1v) is 3.36. The monoisotopic (exact) mass is 131 g/mol. The minimum absolute atomic E-state index is 0.141. The van der Waals surface area contributed by atoms with Crippen molar-refractivity contribution in [3.05, 3.63) is 0 Å². The Bertz CT molecular complexity index is 81.0. The molecule has 0 aromatic carbocycles. The summed E-state index contributed by atoms with van der Waals surface area (Å²) >= 11 is 0. The fraction of sp³-hybridized carbons (Fsp3) is 1.00. The van der Waals surface area contributed by atoms with Crippen LogP contribution in [0.2, 0.25) is 0 Å². The van der Waals surface area contributed by atoms with Gasteiger partial charge in [0.2, 0.25) is 0 Å². The van der Waals surface area contributed by atoms with Crippen molar-refractivity contribution in [1.29, 1.82) is 0 Å². The van der Waals surface area contributed by atoms with Crippen LogP contribution in [0.25, 0.3) is 0 Å². The SMILES string of the molecule is CCC(C)(N)C(C)OC. The van der Waals surface area contributed by atoms with Crippen LogP contribution in [0.15, 0.2) is 0 Å². The van der Waals surface area contributed by atoms with E-state index in [2.05, 4.69) is 6.92 Å². The van der Waals surface area contributed by atoms with E-state index in [1.165, 1.54) is 0 Å². The summed E-state index contributed by atoms with van der Waals surface area (Å²) < 4.78 is 5.08. The van der Waals surface area contributed by atoms with Crippen molar-refractivity contribution >= 4 is 0 Å². The van der Waals surface area contributed by atoms with Crippen molar-refractivity contribution in [3.63, 3.8) is 0 Å². The summed E-state index contributed by atoms with van der Waals surface area (Å²) in [7, 11) is 1.69. The highest BCUT2D eigenvalue weighted by molar-refractivity contribution is 4.83. The van der Waals surface area contributed by atoms with Crippen LogP contribution in [0.5, 0.6) is 0 Å². The van der Waals surface area contributed by atoms with Crippen LogP contribution in [0.1, 0.15) is 27.2 Å². The zero-order valence-corrected chi connectivity index (χ0v) is 6.77. The van der Waals surface area contributed by atoms with Gasteiger partial charge in [0.1, 0.15) is 0 Å². The van der Waals surface area contributed by atoms with Crippen molar-refractivity contribution in [2.24, 2.45) is 5.73 Å². The lowest BCUT2D eigenvalue weighted by Crippen LogP contribution is -2.46. The highest BCUT2D eigenvalue weighted by Crippen LogP contribution is 2.12. The third-order valence-electron chi connectivity index (χ3n) is 2.04. The van der Waals surface area contributed by atoms with Crippen LogP contribution in [0.3, 0.4) is 0 Å². The smallest absolute Gasteiger partial charge is 0.0719 e. The van der Waals surface area contributed by atoms with E-state index in [9.17, 15) is 0 Å². The van der Waals surface area contributed by atoms with Gasteiger partial charge in [-0.1, -0.05) is 6.92 Å². The number of hydrogen-bond donors (Lipinski definition) is 1. The molecule has 2 atom stereocenters. The van der Waals surface area contributed by atoms with Crippen LogP contribution in [-0.4, -0.2) is 18.8 Å². The summed E-state index contributed by atoms with van der Waals surface area (Å²) in [4.78, 5) is 0. The van der Waals surface area contributed by atoms with E-state index in [0.29, 0.717) is 0 Å². The first kappa shape index (κ1) is 8.92. The van der Waals surface area contributed by atoms with Gasteiger partial charge in [0.05, 0.1) is 6.10 Å². The molecule has 0 saturated heterocycles. The van der Waals surface area contributed by atoms with Crippen LogP contribution >= 0.6 is 0 Å². The molecule has 0 aliphatic carbocycles. The quantitative estimate of drug-likeness (QED) is 0.623. The molecule has 0 aromatic rings. The van der Waals surface area contributed by atoms with Gasteiger partial charge in [-0.05, 0) is 20.3 Å². The Kier molecular flexibility index (Phi) is 3.15. The molecule has 2 N–H and O–H groups in total. The number of hydrogen-bond acceptors (Lipinski definition) is 2. The van der Waals surface area contributed by atoms with E-state index in [1.54, 1.807) is 7.11 Å². The van der Waals surface area contributed by atoms with Gasteiger partial charge in [-0.15, -0.1) is 0 Å². The highest BCUT2D eigenvalue weighted by Gasteiger charge is 2.23. The lowest BCUT2D eigenvalue weighted by Gasteiger charge is -2.28. The maximum absolute atomic E-state index is 5.85. The van der Waals surface area contributed by atoms with Crippen LogP contribution in [0, 0.1) is 0 Å². The van der Waals surface area contributed by atoms with Gasteiger partial charge < -0.3 is 10.5 Å². The second kappa shape index (κ2) is 3.18. The van der Waals surface area contributed by atoms with Crippen molar-refractivity contribution in [2.75, 3.05) is 7.11 Å². The zero-order valence-electron chi connectivity index (χ0n) is 6.77. The Hall–Kier alpha value is -0.0800. The van der Waals surface area contributed by atoms with Gasteiger partial charge in [-0.2, -0.15) is 0 Å². The van der Waals surface area contributed by atoms with Crippen LogP contribution in [0.4, 0.5) is 0 Å². The maximum atomic E-state index is 5.85. The molecule has 0 fully saturated rings. The van der Waals surface area contributed by atoms with E-state index < -0.39 is 0 Å². The standard InChI is InChI=1S/C7H17NO/c1-5-7(3,8)6(2)9-4/h6H,5,8H2,1-4H3. The number of rotatable bonds is 3. The molecule has 2 heteroatoms. The molecule has 0 aliphatic heterocycles. The molecule has 0 heterocycles. The molecule has 0 bridgehead atoms. The average molecular weight is 131 g/mol. The summed E-state index contributed by atoms with van der Waals surface area (Å²) in [6.07, 6.45) is 1.09.